The van der Waals surface area contributed by atoms with Crippen LogP contribution in [0.4, 0.5) is 0 Å². The molecule has 0 radical (unpaired) electrons. The molecule has 6 heteroatoms. The second-order valence-corrected chi connectivity index (χ2v) is 7.80. The molecular formula is C17H20N3O2P. The van der Waals surface area contributed by atoms with E-state index < -0.39 is 7.37 Å². The number of aromatic nitrogens is 3. The summed E-state index contributed by atoms with van der Waals surface area (Å²) in [5, 5.41) is 8.83. The number of benzene rings is 1. The number of allylic oxidation sites excluding steroid dienone is 2. The first-order valence-electron chi connectivity index (χ1n) is 7.72. The summed E-state index contributed by atoms with van der Waals surface area (Å²) in [7, 11) is -3.18. The molecule has 0 aliphatic carbocycles. The Morgan fingerprint density at radius 2 is 2.22 bits per heavy atom. The molecule has 120 valence electrons. The summed E-state index contributed by atoms with van der Waals surface area (Å²) in [5.74, 6) is 0. The highest BCUT2D eigenvalue weighted by atomic mass is 31.2. The molecule has 5 nitrogen and oxygen atoms in total. The number of hydrogen-bond acceptors (Lipinski definition) is 4. The van der Waals surface area contributed by atoms with Crippen molar-refractivity contribution in [2.24, 2.45) is 0 Å². The van der Waals surface area contributed by atoms with Crippen molar-refractivity contribution in [1.82, 2.24) is 15.0 Å². The predicted molar refractivity (Wildman–Crippen MR) is 90.9 cm³/mol. The third kappa shape index (κ3) is 3.21. The number of nitrogens with zero attached hydrogens (tertiary/aromatic N) is 3. The summed E-state index contributed by atoms with van der Waals surface area (Å²) < 4.78 is 20.9. The molecule has 1 aromatic heterocycles. The van der Waals surface area contributed by atoms with E-state index in [9.17, 15) is 4.57 Å². The van der Waals surface area contributed by atoms with Crippen molar-refractivity contribution < 1.29 is 9.09 Å². The van der Waals surface area contributed by atoms with Crippen LogP contribution < -0.4 is 5.44 Å². The summed E-state index contributed by atoms with van der Waals surface area (Å²) >= 11 is 0. The molecular weight excluding hydrogens is 309 g/mol. The zero-order valence-corrected chi connectivity index (χ0v) is 14.0. The molecule has 2 heterocycles. The van der Waals surface area contributed by atoms with Gasteiger partial charge in [-0.1, -0.05) is 61.2 Å². The van der Waals surface area contributed by atoms with Gasteiger partial charge in [-0.15, -0.1) is 5.10 Å². The lowest BCUT2D eigenvalue weighted by Crippen LogP contribution is -2.20. The van der Waals surface area contributed by atoms with Gasteiger partial charge in [-0.2, -0.15) is 0 Å². The normalized spacial score (nSPS) is 24.2. The Morgan fingerprint density at radius 3 is 2.91 bits per heavy atom. The summed E-state index contributed by atoms with van der Waals surface area (Å²) in [6, 6.07) is 9.95. The van der Waals surface area contributed by atoms with E-state index >= 15 is 0 Å². The summed E-state index contributed by atoms with van der Waals surface area (Å²) in [4.78, 5) is 0. The first kappa shape index (κ1) is 15.9. The van der Waals surface area contributed by atoms with Crippen molar-refractivity contribution in [3.05, 3.63) is 66.1 Å². The second-order valence-electron chi connectivity index (χ2n) is 5.52. The van der Waals surface area contributed by atoms with Crippen LogP contribution in [0.2, 0.25) is 0 Å². The summed E-state index contributed by atoms with van der Waals surface area (Å²) in [6.45, 7) is 6.36. The lowest BCUT2D eigenvalue weighted by molar-refractivity contribution is 0.204. The lowest BCUT2D eigenvalue weighted by Gasteiger charge is -2.27. The minimum absolute atomic E-state index is 0.0520. The van der Waals surface area contributed by atoms with Gasteiger partial charge in [0.25, 0.3) is 7.37 Å². The molecule has 2 aromatic rings. The van der Waals surface area contributed by atoms with Gasteiger partial charge in [-0.3, -0.25) is 4.57 Å². The third-order valence-electron chi connectivity index (χ3n) is 3.91. The smallest absolute Gasteiger partial charge is 0.282 e. The molecule has 0 fully saturated rings. The van der Waals surface area contributed by atoms with Gasteiger partial charge in [0, 0.05) is 5.31 Å². The van der Waals surface area contributed by atoms with E-state index in [1.165, 1.54) is 0 Å². The van der Waals surface area contributed by atoms with Gasteiger partial charge in [0.05, 0.1) is 18.8 Å². The van der Waals surface area contributed by atoms with Crippen LogP contribution in [0.3, 0.4) is 0 Å². The van der Waals surface area contributed by atoms with E-state index in [2.05, 4.69) is 16.9 Å². The van der Waals surface area contributed by atoms with Gasteiger partial charge in [0.15, 0.2) is 5.44 Å². The maximum Gasteiger partial charge on any atom is 0.282 e. The van der Waals surface area contributed by atoms with Gasteiger partial charge < -0.3 is 4.52 Å². The van der Waals surface area contributed by atoms with Crippen molar-refractivity contribution >= 4 is 12.8 Å². The molecule has 1 aliphatic heterocycles. The van der Waals surface area contributed by atoms with Crippen LogP contribution in [0, 0.1) is 0 Å². The summed E-state index contributed by atoms with van der Waals surface area (Å²) in [5.41, 5.74) is 1.50. The van der Waals surface area contributed by atoms with Crippen LogP contribution in [0.25, 0.3) is 0 Å². The highest BCUT2D eigenvalue weighted by molar-refractivity contribution is 7.71. The zero-order chi connectivity index (χ0) is 16.3. The van der Waals surface area contributed by atoms with Gasteiger partial charge in [-0.25, -0.2) is 4.68 Å². The first-order chi connectivity index (χ1) is 11.2. The minimum atomic E-state index is -3.18. The Bertz CT molecular complexity index is 767. The van der Waals surface area contributed by atoms with Crippen molar-refractivity contribution in [2.75, 3.05) is 0 Å². The van der Waals surface area contributed by atoms with E-state index in [-0.39, 0.29) is 6.10 Å². The molecule has 23 heavy (non-hydrogen) atoms. The third-order valence-corrected chi connectivity index (χ3v) is 6.36. The molecule has 1 unspecified atom stereocenters. The van der Waals surface area contributed by atoms with Gasteiger partial charge in [0.1, 0.15) is 0 Å². The topological polar surface area (TPSA) is 57.0 Å². The Hall–Kier alpha value is -1.97. The molecule has 0 N–H and O–H groups in total. The maximum atomic E-state index is 13.4. The van der Waals surface area contributed by atoms with Crippen molar-refractivity contribution in [3.8, 4) is 0 Å². The fourth-order valence-corrected chi connectivity index (χ4v) is 4.77. The fourth-order valence-electron chi connectivity index (χ4n) is 2.59. The maximum absolute atomic E-state index is 13.4. The van der Waals surface area contributed by atoms with Gasteiger partial charge in [-0.05, 0) is 18.4 Å². The lowest BCUT2D eigenvalue weighted by atomic mass is 10.2. The van der Waals surface area contributed by atoms with Crippen molar-refractivity contribution in [2.45, 2.75) is 32.4 Å². The van der Waals surface area contributed by atoms with Crippen molar-refractivity contribution in [1.29, 1.82) is 0 Å². The minimum Gasteiger partial charge on any atom is -0.317 e. The monoisotopic (exact) mass is 329 g/mol. The van der Waals surface area contributed by atoms with Crippen LogP contribution in [0.1, 0.15) is 25.3 Å². The molecule has 2 atom stereocenters. The molecule has 0 saturated heterocycles. The van der Waals surface area contributed by atoms with Crippen LogP contribution in [-0.2, 0) is 15.6 Å². The average Bonchev–Trinajstić information content (AvgIpc) is 3.05. The summed E-state index contributed by atoms with van der Waals surface area (Å²) in [6.07, 6.45) is 6.76. The standard InChI is InChI=1S/C17H20N3O2P/c1-3-15-10-11-16(4-2)23(21,22-15)17-13-20(19-18-17)12-14-8-6-5-7-9-14/h4-9,11,13,15H,2-3,10,12H2,1H3/t15-,23?/m0/s1. The molecule has 0 bridgehead atoms. The molecule has 0 amide bonds. The van der Waals surface area contributed by atoms with E-state index in [4.69, 9.17) is 4.52 Å². The first-order valence-corrected chi connectivity index (χ1v) is 9.34. The molecule has 1 aliphatic rings. The highest BCUT2D eigenvalue weighted by Crippen LogP contribution is 2.57. The Kier molecular flexibility index (Phi) is 4.60. The van der Waals surface area contributed by atoms with Gasteiger partial charge >= 0.3 is 0 Å². The van der Waals surface area contributed by atoms with Crippen LogP contribution in [0.15, 0.2) is 60.6 Å². The molecule has 0 saturated carbocycles. The Morgan fingerprint density at radius 1 is 1.43 bits per heavy atom. The number of rotatable bonds is 5. The van der Waals surface area contributed by atoms with E-state index in [0.29, 0.717) is 17.3 Å². The SMILES string of the molecule is C=CC1=CC[C@H](CC)OP1(=O)c1cn(Cc2ccccc2)nn1. The molecule has 3 rings (SSSR count). The van der Waals surface area contributed by atoms with E-state index in [1.54, 1.807) is 17.0 Å². The van der Waals surface area contributed by atoms with Gasteiger partial charge in [0.2, 0.25) is 0 Å². The van der Waals surface area contributed by atoms with Crippen LogP contribution in [0.5, 0.6) is 0 Å². The fraction of sp³-hybridized carbons (Fsp3) is 0.294. The highest BCUT2D eigenvalue weighted by Gasteiger charge is 2.37. The van der Waals surface area contributed by atoms with E-state index in [1.807, 2.05) is 43.3 Å². The predicted octanol–water partition coefficient (Wildman–Crippen LogP) is 3.50. The molecule has 0 spiro atoms. The molecule has 1 aromatic carbocycles. The quantitative estimate of drug-likeness (QED) is 0.788. The number of hydrogen-bond donors (Lipinski definition) is 0. The zero-order valence-electron chi connectivity index (χ0n) is 13.1. The Balaban J connectivity index is 1.89. The van der Waals surface area contributed by atoms with Crippen molar-refractivity contribution in [3.63, 3.8) is 0 Å². The van der Waals surface area contributed by atoms with E-state index in [0.717, 1.165) is 18.4 Å². The van der Waals surface area contributed by atoms with Crippen LogP contribution in [-0.4, -0.2) is 21.1 Å². The average molecular weight is 329 g/mol. The van der Waals surface area contributed by atoms with Crippen LogP contribution >= 0.6 is 7.37 Å². The second kappa shape index (κ2) is 6.65. The Labute approximate surface area is 136 Å². The largest absolute Gasteiger partial charge is 0.317 e.